The number of ether oxygens (including phenoxy) is 3. The summed E-state index contributed by atoms with van der Waals surface area (Å²) in [6.45, 7) is 5.58. The number of hydrogen-bond donors (Lipinski definition) is 0. The lowest BCUT2D eigenvalue weighted by molar-refractivity contribution is -0.156. The highest BCUT2D eigenvalue weighted by Crippen LogP contribution is 2.20. The van der Waals surface area contributed by atoms with Crippen molar-refractivity contribution in [2.45, 2.75) is 65.3 Å². The first kappa shape index (κ1) is 26.7. The Kier molecular flexibility index (Phi) is 9.05. The van der Waals surface area contributed by atoms with Crippen LogP contribution < -0.4 is 10.4 Å². The van der Waals surface area contributed by atoms with Gasteiger partial charge in [-0.1, -0.05) is 42.5 Å². The van der Waals surface area contributed by atoms with Gasteiger partial charge in [-0.15, -0.1) is 0 Å². The van der Waals surface area contributed by atoms with Crippen LogP contribution >= 0.6 is 0 Å². The van der Waals surface area contributed by atoms with Gasteiger partial charge in [0, 0.05) is 13.0 Å². The minimum atomic E-state index is -1.08. The van der Waals surface area contributed by atoms with Gasteiger partial charge in [0.2, 0.25) is 0 Å². The first-order chi connectivity index (χ1) is 17.2. The van der Waals surface area contributed by atoms with Crippen LogP contribution in [0.1, 0.15) is 44.1 Å². The molecule has 3 rings (SSSR count). The van der Waals surface area contributed by atoms with Crippen molar-refractivity contribution in [3.05, 3.63) is 82.0 Å². The van der Waals surface area contributed by atoms with E-state index in [2.05, 4.69) is 5.10 Å². The van der Waals surface area contributed by atoms with Gasteiger partial charge in [0.15, 0.2) is 5.60 Å². The van der Waals surface area contributed by atoms with Crippen molar-refractivity contribution in [2.75, 3.05) is 7.11 Å². The number of carbonyl (C=O) groups excluding carboxylic acids is 2. The SMILES string of the molecule is CCn1c(CCCc2ccc(OC(C)(C)C(=O)OC)cc2)nn(CC(=O)OCc2ccccc2)c1=O. The minimum absolute atomic E-state index is 0.153. The van der Waals surface area contributed by atoms with Crippen molar-refractivity contribution in [3.63, 3.8) is 0 Å². The van der Waals surface area contributed by atoms with Gasteiger partial charge in [0.05, 0.1) is 7.11 Å². The molecule has 0 radical (unpaired) electrons. The van der Waals surface area contributed by atoms with Gasteiger partial charge in [-0.05, 0) is 56.9 Å². The van der Waals surface area contributed by atoms with Gasteiger partial charge in [-0.2, -0.15) is 5.10 Å². The van der Waals surface area contributed by atoms with Crippen molar-refractivity contribution < 1.29 is 23.8 Å². The van der Waals surface area contributed by atoms with E-state index in [0.717, 1.165) is 24.0 Å². The second kappa shape index (κ2) is 12.2. The Morgan fingerprint density at radius 2 is 1.67 bits per heavy atom. The largest absolute Gasteiger partial charge is 0.476 e. The van der Waals surface area contributed by atoms with Gasteiger partial charge in [-0.25, -0.2) is 14.3 Å². The number of aromatic nitrogens is 3. The molecule has 0 spiro atoms. The van der Waals surface area contributed by atoms with Crippen LogP contribution in [0.3, 0.4) is 0 Å². The molecule has 3 aromatic rings. The summed E-state index contributed by atoms with van der Waals surface area (Å²) in [5.41, 5.74) is 0.573. The number of carbonyl (C=O) groups is 2. The number of nitrogens with zero attached hydrogens (tertiary/aromatic N) is 3. The third-order valence-corrected chi connectivity index (χ3v) is 5.68. The summed E-state index contributed by atoms with van der Waals surface area (Å²) in [5, 5.41) is 4.39. The van der Waals surface area contributed by atoms with Crippen LogP contribution in [-0.2, 0) is 51.6 Å². The van der Waals surface area contributed by atoms with Gasteiger partial charge in [0.1, 0.15) is 24.7 Å². The zero-order chi connectivity index (χ0) is 26.1. The quantitative estimate of drug-likeness (QED) is 0.355. The lowest BCUT2D eigenvalue weighted by Gasteiger charge is -2.23. The smallest absolute Gasteiger partial charge is 0.349 e. The van der Waals surface area contributed by atoms with Crippen molar-refractivity contribution >= 4 is 11.9 Å². The van der Waals surface area contributed by atoms with Gasteiger partial charge >= 0.3 is 17.6 Å². The summed E-state index contributed by atoms with van der Waals surface area (Å²) in [6.07, 6.45) is 2.12. The highest BCUT2D eigenvalue weighted by Gasteiger charge is 2.31. The fourth-order valence-corrected chi connectivity index (χ4v) is 3.75. The molecule has 0 amide bonds. The molecular formula is C27H33N3O6. The minimum Gasteiger partial charge on any atom is -0.476 e. The van der Waals surface area contributed by atoms with E-state index in [1.54, 1.807) is 18.4 Å². The van der Waals surface area contributed by atoms with E-state index in [0.29, 0.717) is 24.5 Å². The second-order valence-electron chi connectivity index (χ2n) is 8.85. The van der Waals surface area contributed by atoms with Gasteiger partial charge in [0.25, 0.3) is 0 Å². The predicted octanol–water partition coefficient (Wildman–Crippen LogP) is 3.31. The molecule has 0 saturated carbocycles. The van der Waals surface area contributed by atoms with E-state index in [1.165, 1.54) is 11.8 Å². The molecule has 0 saturated heterocycles. The van der Waals surface area contributed by atoms with Crippen LogP contribution in [0.4, 0.5) is 0 Å². The van der Waals surface area contributed by atoms with E-state index >= 15 is 0 Å². The maximum Gasteiger partial charge on any atom is 0.349 e. The second-order valence-corrected chi connectivity index (χ2v) is 8.85. The predicted molar refractivity (Wildman–Crippen MR) is 134 cm³/mol. The Bertz CT molecular complexity index is 1210. The summed E-state index contributed by atoms with van der Waals surface area (Å²) in [4.78, 5) is 36.7. The molecule has 0 aliphatic heterocycles. The third kappa shape index (κ3) is 7.07. The Morgan fingerprint density at radius 3 is 2.31 bits per heavy atom. The first-order valence-corrected chi connectivity index (χ1v) is 12.0. The Labute approximate surface area is 210 Å². The van der Waals surface area contributed by atoms with Crippen LogP contribution in [-0.4, -0.2) is 39.0 Å². The van der Waals surface area contributed by atoms with E-state index in [4.69, 9.17) is 14.2 Å². The van der Waals surface area contributed by atoms with Crippen molar-refractivity contribution in [2.24, 2.45) is 0 Å². The molecule has 1 heterocycles. The molecule has 2 aromatic carbocycles. The molecule has 0 aliphatic carbocycles. The number of esters is 2. The molecular weight excluding hydrogens is 462 g/mol. The van der Waals surface area contributed by atoms with Crippen molar-refractivity contribution in [1.29, 1.82) is 0 Å². The molecule has 1 aromatic heterocycles. The molecule has 0 unspecified atom stereocenters. The van der Waals surface area contributed by atoms with E-state index in [-0.39, 0.29) is 18.8 Å². The van der Waals surface area contributed by atoms with Crippen LogP contribution in [0.2, 0.25) is 0 Å². The number of hydrogen-bond acceptors (Lipinski definition) is 7. The molecule has 36 heavy (non-hydrogen) atoms. The summed E-state index contributed by atoms with van der Waals surface area (Å²) in [7, 11) is 1.33. The molecule has 9 nitrogen and oxygen atoms in total. The zero-order valence-corrected chi connectivity index (χ0v) is 21.2. The van der Waals surface area contributed by atoms with E-state index in [9.17, 15) is 14.4 Å². The molecule has 0 bridgehead atoms. The fourth-order valence-electron chi connectivity index (χ4n) is 3.75. The molecule has 0 aliphatic rings. The van der Waals surface area contributed by atoms with Crippen LogP contribution in [0.5, 0.6) is 5.75 Å². The normalized spacial score (nSPS) is 11.2. The summed E-state index contributed by atoms with van der Waals surface area (Å²) in [5.74, 6) is 0.258. The highest BCUT2D eigenvalue weighted by atomic mass is 16.6. The van der Waals surface area contributed by atoms with Gasteiger partial charge < -0.3 is 14.2 Å². The maximum absolute atomic E-state index is 12.7. The number of benzene rings is 2. The van der Waals surface area contributed by atoms with Crippen molar-refractivity contribution in [1.82, 2.24) is 14.3 Å². The highest BCUT2D eigenvalue weighted by molar-refractivity contribution is 5.78. The number of rotatable bonds is 12. The maximum atomic E-state index is 12.7. The van der Waals surface area contributed by atoms with Crippen LogP contribution in [0, 0.1) is 0 Å². The molecule has 192 valence electrons. The summed E-state index contributed by atoms with van der Waals surface area (Å²) in [6, 6.07) is 16.9. The first-order valence-electron chi connectivity index (χ1n) is 12.0. The Hall–Kier alpha value is -3.88. The van der Waals surface area contributed by atoms with E-state index in [1.807, 2.05) is 61.5 Å². The molecule has 9 heteroatoms. The molecule has 0 N–H and O–H groups in total. The average Bonchev–Trinajstić information content (AvgIpc) is 3.17. The van der Waals surface area contributed by atoms with Crippen LogP contribution in [0.15, 0.2) is 59.4 Å². The number of aryl methyl sites for hydroxylation is 2. The molecule has 0 fully saturated rings. The third-order valence-electron chi connectivity index (χ3n) is 5.68. The number of methoxy groups -OCH3 is 1. The lowest BCUT2D eigenvalue weighted by atomic mass is 10.1. The van der Waals surface area contributed by atoms with Crippen LogP contribution in [0.25, 0.3) is 0 Å². The average molecular weight is 496 g/mol. The Balaban J connectivity index is 1.54. The lowest BCUT2D eigenvalue weighted by Crippen LogP contribution is -2.39. The standard InChI is InChI=1S/C27H33N3O6/c1-5-29-23(28-30(26(29)33)18-24(31)35-19-21-10-7-6-8-11-21)13-9-12-20-14-16-22(17-15-20)36-27(2,3)25(32)34-4/h6-8,10-11,14-17H,5,9,12-13,18-19H2,1-4H3. The topological polar surface area (TPSA) is 102 Å². The monoisotopic (exact) mass is 495 g/mol. The fraction of sp³-hybridized carbons (Fsp3) is 0.407. The van der Waals surface area contributed by atoms with E-state index < -0.39 is 17.5 Å². The van der Waals surface area contributed by atoms with Gasteiger partial charge in [-0.3, -0.25) is 9.36 Å². The molecule has 0 atom stereocenters. The summed E-state index contributed by atoms with van der Waals surface area (Å²) < 4.78 is 18.5. The van der Waals surface area contributed by atoms with Crippen molar-refractivity contribution in [3.8, 4) is 5.75 Å². The summed E-state index contributed by atoms with van der Waals surface area (Å²) >= 11 is 0. The zero-order valence-electron chi connectivity index (χ0n) is 21.2. The Morgan fingerprint density at radius 1 is 0.972 bits per heavy atom.